The van der Waals surface area contributed by atoms with Gasteiger partial charge in [0.2, 0.25) is 0 Å². The monoisotopic (exact) mass is 751 g/mol. The van der Waals surface area contributed by atoms with Crippen molar-refractivity contribution in [3.05, 3.63) is 200 Å². The predicted octanol–water partition coefficient (Wildman–Crippen LogP) is 13.5. The highest BCUT2D eigenvalue weighted by atomic mass is 15.1. The lowest BCUT2D eigenvalue weighted by atomic mass is 9.94. The normalized spacial score (nSPS) is 11.7. The van der Waals surface area contributed by atoms with Gasteiger partial charge in [0.15, 0.2) is 17.5 Å². The van der Waals surface area contributed by atoms with E-state index < -0.39 is 0 Å². The third kappa shape index (κ3) is 5.55. The van der Waals surface area contributed by atoms with E-state index in [4.69, 9.17) is 19.9 Å². The first-order valence-corrected chi connectivity index (χ1v) is 19.9. The fourth-order valence-corrected chi connectivity index (χ4v) is 8.72. The van der Waals surface area contributed by atoms with Gasteiger partial charge in [-0.15, -0.1) is 0 Å². The summed E-state index contributed by atoms with van der Waals surface area (Å²) in [5.41, 5.74) is 14.0. The summed E-state index contributed by atoms with van der Waals surface area (Å²) in [6.07, 6.45) is 0. The van der Waals surface area contributed by atoms with Crippen LogP contribution in [0.15, 0.2) is 200 Å². The highest BCUT2D eigenvalue weighted by Crippen LogP contribution is 2.45. The number of nitrogens with zero attached hydrogens (tertiary/aromatic N) is 5. The van der Waals surface area contributed by atoms with Gasteiger partial charge in [-0.3, -0.25) is 4.57 Å². The van der Waals surface area contributed by atoms with Crippen LogP contribution in [0.25, 0.3) is 117 Å². The van der Waals surface area contributed by atoms with E-state index >= 15 is 0 Å². The molecule has 0 N–H and O–H groups in total. The van der Waals surface area contributed by atoms with E-state index in [1.165, 1.54) is 33.0 Å². The molecule has 5 nitrogen and oxygen atoms in total. The number of fused-ring (bicyclic) bond motifs is 7. The van der Waals surface area contributed by atoms with Crippen LogP contribution in [0, 0.1) is 0 Å². The second-order valence-electron chi connectivity index (χ2n) is 15.1. The average molecular weight is 752 g/mol. The summed E-state index contributed by atoms with van der Waals surface area (Å²) >= 11 is 0. The van der Waals surface area contributed by atoms with Crippen molar-refractivity contribution in [3.63, 3.8) is 0 Å². The summed E-state index contributed by atoms with van der Waals surface area (Å²) in [6, 6.07) is 70.6. The van der Waals surface area contributed by atoms with Crippen molar-refractivity contribution in [3.8, 4) is 84.6 Å². The molecule has 0 aliphatic carbocycles. The summed E-state index contributed by atoms with van der Waals surface area (Å²) < 4.78 is 2.35. The molecule has 2 aromatic heterocycles. The van der Waals surface area contributed by atoms with Gasteiger partial charge in [-0.25, -0.2) is 19.9 Å². The molecular weight excluding hydrogens is 719 g/mol. The van der Waals surface area contributed by atoms with Crippen LogP contribution in [0.5, 0.6) is 0 Å². The number of rotatable bonds is 5. The zero-order valence-corrected chi connectivity index (χ0v) is 31.8. The average Bonchev–Trinajstić information content (AvgIpc) is 3.65. The van der Waals surface area contributed by atoms with E-state index in [9.17, 15) is 0 Å². The Morgan fingerprint density at radius 1 is 0.288 bits per heavy atom. The van der Waals surface area contributed by atoms with Gasteiger partial charge in [0.05, 0.1) is 16.7 Å². The molecule has 0 saturated heterocycles. The highest BCUT2D eigenvalue weighted by molar-refractivity contribution is 6.04. The Morgan fingerprint density at radius 2 is 0.746 bits per heavy atom. The third-order valence-electron chi connectivity index (χ3n) is 11.6. The lowest BCUT2D eigenvalue weighted by Crippen LogP contribution is -2.00. The molecule has 3 heterocycles. The quantitative estimate of drug-likeness (QED) is 0.176. The molecule has 0 atom stereocenters. The lowest BCUT2D eigenvalue weighted by Gasteiger charge is -2.14. The van der Waals surface area contributed by atoms with Gasteiger partial charge in [0, 0.05) is 33.4 Å². The molecule has 11 aromatic rings. The number of imidazole rings is 1. The smallest absolute Gasteiger partial charge is 0.164 e. The summed E-state index contributed by atoms with van der Waals surface area (Å²) in [5.74, 6) is 2.79. The number of aromatic nitrogens is 5. The van der Waals surface area contributed by atoms with Gasteiger partial charge in [-0.2, -0.15) is 0 Å². The first-order valence-electron chi connectivity index (χ1n) is 19.9. The van der Waals surface area contributed by atoms with Gasteiger partial charge < -0.3 is 0 Å². The summed E-state index contributed by atoms with van der Waals surface area (Å²) in [7, 11) is 0. The molecule has 0 amide bonds. The highest BCUT2D eigenvalue weighted by Gasteiger charge is 2.25. The molecule has 1 aliphatic heterocycles. The zero-order chi connectivity index (χ0) is 38.9. The minimum absolute atomic E-state index is 0.619. The van der Waals surface area contributed by atoms with Crippen LogP contribution in [-0.2, 0) is 0 Å². The minimum Gasteiger partial charge on any atom is -0.291 e. The van der Waals surface area contributed by atoms with E-state index in [2.05, 4.69) is 205 Å². The van der Waals surface area contributed by atoms with Crippen LogP contribution in [0.4, 0.5) is 0 Å². The van der Waals surface area contributed by atoms with Crippen molar-refractivity contribution in [1.29, 1.82) is 0 Å². The maximum Gasteiger partial charge on any atom is 0.164 e. The van der Waals surface area contributed by atoms with Crippen molar-refractivity contribution in [2.75, 3.05) is 0 Å². The molecule has 5 heteroatoms. The second-order valence-corrected chi connectivity index (χ2v) is 15.1. The van der Waals surface area contributed by atoms with Crippen molar-refractivity contribution in [2.24, 2.45) is 0 Å². The minimum atomic E-state index is 0.619. The standard InChI is InChI=1S/C54H33N5/c1-3-14-36-30-41(28-26-34(36)12-1)52-56-51(57-53(58-52)42-29-27-35-13-2-4-15-37(35)31-42)40-18-9-16-38(32-40)39-17-10-19-43(33-39)54-55-48-24-11-23-47-45-21-6-5-20-44(45)46-22-7-8-25-49(46)59(54)50(47)48/h1-33H. The molecule has 0 unspecified atom stereocenters. The van der Waals surface area contributed by atoms with Crippen molar-refractivity contribution < 1.29 is 0 Å². The largest absolute Gasteiger partial charge is 0.291 e. The number of para-hydroxylation sites is 2. The maximum atomic E-state index is 5.32. The van der Waals surface area contributed by atoms with Gasteiger partial charge in [0.1, 0.15) is 5.82 Å². The summed E-state index contributed by atoms with van der Waals surface area (Å²) in [6.45, 7) is 0. The summed E-state index contributed by atoms with van der Waals surface area (Å²) in [4.78, 5) is 20.7. The number of benzene rings is 9. The molecule has 0 radical (unpaired) electrons. The molecule has 0 saturated carbocycles. The predicted molar refractivity (Wildman–Crippen MR) is 241 cm³/mol. The van der Waals surface area contributed by atoms with E-state index in [-0.39, 0.29) is 0 Å². The first kappa shape index (κ1) is 33.2. The molecule has 12 rings (SSSR count). The third-order valence-corrected chi connectivity index (χ3v) is 11.6. The molecule has 59 heavy (non-hydrogen) atoms. The SMILES string of the molecule is c1cc(-c2cccc(-c3nc4cccc5c4n3-c3ccccc3-c3ccccc3-5)c2)cc(-c2nc(-c3ccc4ccccc4c3)nc(-c3ccc4ccccc4c3)n2)c1. The molecule has 274 valence electrons. The van der Waals surface area contributed by atoms with Gasteiger partial charge in [-0.05, 0) is 80.2 Å². The van der Waals surface area contributed by atoms with Crippen molar-refractivity contribution in [1.82, 2.24) is 24.5 Å². The molecule has 0 bridgehead atoms. The van der Waals surface area contributed by atoms with Gasteiger partial charge >= 0.3 is 0 Å². The molecule has 0 spiro atoms. The lowest BCUT2D eigenvalue weighted by molar-refractivity contribution is 1.08. The second kappa shape index (κ2) is 13.3. The van der Waals surface area contributed by atoms with Crippen LogP contribution >= 0.6 is 0 Å². The Kier molecular flexibility index (Phi) is 7.47. The van der Waals surface area contributed by atoms with Crippen LogP contribution < -0.4 is 0 Å². The molecule has 9 aromatic carbocycles. The first-order chi connectivity index (χ1) is 29.2. The number of hydrogen-bond donors (Lipinski definition) is 0. The van der Waals surface area contributed by atoms with Crippen LogP contribution in [-0.4, -0.2) is 24.5 Å². The van der Waals surface area contributed by atoms with Crippen LogP contribution in [0.2, 0.25) is 0 Å². The Bertz CT molecular complexity index is 3370. The Hall–Kier alpha value is -8.02. The van der Waals surface area contributed by atoms with Crippen LogP contribution in [0.1, 0.15) is 0 Å². The van der Waals surface area contributed by atoms with E-state index in [0.717, 1.165) is 66.7 Å². The Labute approximate surface area is 340 Å². The zero-order valence-electron chi connectivity index (χ0n) is 31.8. The molecule has 0 fully saturated rings. The fourth-order valence-electron chi connectivity index (χ4n) is 8.72. The Morgan fingerprint density at radius 3 is 1.39 bits per heavy atom. The Balaban J connectivity index is 0.994. The van der Waals surface area contributed by atoms with Crippen molar-refractivity contribution >= 4 is 32.6 Å². The van der Waals surface area contributed by atoms with Gasteiger partial charge in [0.25, 0.3) is 0 Å². The molecular formula is C54H33N5. The fraction of sp³-hybridized carbons (Fsp3) is 0. The number of hydrogen-bond acceptors (Lipinski definition) is 4. The van der Waals surface area contributed by atoms with E-state index in [0.29, 0.717) is 17.5 Å². The van der Waals surface area contributed by atoms with Crippen LogP contribution in [0.3, 0.4) is 0 Å². The van der Waals surface area contributed by atoms with E-state index in [1.807, 2.05) is 0 Å². The van der Waals surface area contributed by atoms with E-state index in [1.54, 1.807) is 0 Å². The van der Waals surface area contributed by atoms with Gasteiger partial charge in [-0.1, -0.05) is 164 Å². The summed E-state index contributed by atoms with van der Waals surface area (Å²) in [5, 5.41) is 4.63. The molecule has 1 aliphatic rings. The topological polar surface area (TPSA) is 56.5 Å². The maximum absolute atomic E-state index is 5.32. The van der Waals surface area contributed by atoms with Crippen molar-refractivity contribution in [2.45, 2.75) is 0 Å².